The zero-order valence-electron chi connectivity index (χ0n) is 21.4. The lowest BCUT2D eigenvalue weighted by Gasteiger charge is -2.40. The molecule has 0 bridgehead atoms. The number of benzene rings is 2. The Kier molecular flexibility index (Phi) is 8.84. The van der Waals surface area contributed by atoms with Gasteiger partial charge in [0.15, 0.2) is 0 Å². The van der Waals surface area contributed by atoms with E-state index in [1.54, 1.807) is 17.0 Å². The van der Waals surface area contributed by atoms with Crippen LogP contribution < -0.4 is 0 Å². The molecule has 3 rings (SSSR count). The van der Waals surface area contributed by atoms with Gasteiger partial charge in [0.25, 0.3) is 0 Å². The second kappa shape index (κ2) is 12.0. The third-order valence-electron chi connectivity index (χ3n) is 6.07. The summed E-state index contributed by atoms with van der Waals surface area (Å²) in [7, 11) is 4.55. The van der Waals surface area contributed by atoms with Crippen LogP contribution in [0.4, 0.5) is 0 Å². The van der Waals surface area contributed by atoms with E-state index >= 15 is 0 Å². The van der Waals surface area contributed by atoms with E-state index in [0.29, 0.717) is 12.0 Å². The Morgan fingerprint density at radius 1 is 0.703 bits per heavy atom. The Hall–Kier alpha value is -4.40. The fourth-order valence-corrected chi connectivity index (χ4v) is 4.30. The van der Waals surface area contributed by atoms with Gasteiger partial charge in [-0.25, -0.2) is 19.2 Å². The van der Waals surface area contributed by atoms with Gasteiger partial charge in [-0.1, -0.05) is 60.2 Å². The number of carbonyl (C=O) groups is 4. The van der Waals surface area contributed by atoms with Crippen molar-refractivity contribution in [3.8, 4) is 0 Å². The first kappa shape index (κ1) is 27.2. The lowest BCUT2D eigenvalue weighted by atomic mass is 9.83. The quantitative estimate of drug-likeness (QED) is 0.394. The second-order valence-electron chi connectivity index (χ2n) is 8.22. The van der Waals surface area contributed by atoms with Gasteiger partial charge in [0.05, 0.1) is 45.6 Å². The Morgan fingerprint density at radius 2 is 1.24 bits per heavy atom. The predicted octanol–water partition coefficient (Wildman–Crippen LogP) is 2.84. The molecule has 1 aliphatic rings. The first-order valence-corrected chi connectivity index (χ1v) is 11.5. The van der Waals surface area contributed by atoms with Crippen LogP contribution in [-0.2, 0) is 44.5 Å². The minimum Gasteiger partial charge on any atom is -0.466 e. The highest BCUT2D eigenvalue weighted by molar-refractivity contribution is 6.16. The van der Waals surface area contributed by atoms with E-state index in [-0.39, 0.29) is 17.8 Å². The average Bonchev–Trinajstić information content (AvgIpc) is 2.94. The summed E-state index contributed by atoms with van der Waals surface area (Å²) in [6.07, 6.45) is 0.445. The predicted molar refractivity (Wildman–Crippen MR) is 133 cm³/mol. The molecular formula is C28H29NO8. The van der Waals surface area contributed by atoms with Crippen molar-refractivity contribution in [2.75, 3.05) is 35.0 Å². The molecule has 0 aromatic heterocycles. The SMILES string of the molecule is COC(=O)C1=C(C(=O)OC)C(c2ccc(C)cc2)N(CCc2ccccc2)C(C(=O)OC)=C1C(=O)OC. The molecular weight excluding hydrogens is 478 g/mol. The van der Waals surface area contributed by atoms with E-state index in [0.717, 1.165) is 32.5 Å². The first-order chi connectivity index (χ1) is 17.8. The highest BCUT2D eigenvalue weighted by Crippen LogP contribution is 2.43. The lowest BCUT2D eigenvalue weighted by Crippen LogP contribution is -2.43. The molecule has 1 atom stereocenters. The Balaban J connectivity index is 2.41. The van der Waals surface area contributed by atoms with Crippen LogP contribution in [0.25, 0.3) is 0 Å². The normalized spacial score (nSPS) is 15.3. The number of rotatable bonds is 8. The average molecular weight is 508 g/mol. The molecule has 0 spiro atoms. The molecule has 9 nitrogen and oxygen atoms in total. The molecule has 0 N–H and O–H groups in total. The number of hydrogen-bond acceptors (Lipinski definition) is 9. The van der Waals surface area contributed by atoms with E-state index in [9.17, 15) is 19.2 Å². The van der Waals surface area contributed by atoms with Crippen molar-refractivity contribution < 1.29 is 38.1 Å². The minimum absolute atomic E-state index is 0.153. The molecule has 1 aliphatic heterocycles. The van der Waals surface area contributed by atoms with Gasteiger partial charge < -0.3 is 23.8 Å². The summed E-state index contributed by atoms with van der Waals surface area (Å²) in [6, 6.07) is 15.8. The number of hydrogen-bond donors (Lipinski definition) is 0. The van der Waals surface area contributed by atoms with Gasteiger partial charge in [-0.05, 0) is 24.5 Å². The molecule has 0 radical (unpaired) electrons. The summed E-state index contributed by atoms with van der Waals surface area (Å²) in [5.74, 6) is -3.74. The van der Waals surface area contributed by atoms with E-state index in [1.807, 2.05) is 49.4 Å². The molecule has 2 aromatic rings. The maximum atomic E-state index is 13.3. The fourth-order valence-electron chi connectivity index (χ4n) is 4.30. The first-order valence-electron chi connectivity index (χ1n) is 11.5. The maximum absolute atomic E-state index is 13.3. The van der Waals surface area contributed by atoms with E-state index in [1.165, 1.54) is 7.11 Å². The summed E-state index contributed by atoms with van der Waals surface area (Å²) in [6.45, 7) is 2.09. The van der Waals surface area contributed by atoms with Crippen LogP contribution in [0.2, 0.25) is 0 Å². The molecule has 0 saturated carbocycles. The molecule has 194 valence electrons. The monoisotopic (exact) mass is 507 g/mol. The van der Waals surface area contributed by atoms with Crippen LogP contribution in [-0.4, -0.2) is 63.8 Å². The number of carbonyl (C=O) groups excluding carboxylic acids is 4. The van der Waals surface area contributed by atoms with Gasteiger partial charge in [0.1, 0.15) is 11.3 Å². The lowest BCUT2D eigenvalue weighted by molar-refractivity contribution is -0.144. The highest BCUT2D eigenvalue weighted by atomic mass is 16.5. The van der Waals surface area contributed by atoms with Gasteiger partial charge in [-0.2, -0.15) is 0 Å². The third kappa shape index (κ3) is 5.55. The van der Waals surface area contributed by atoms with Gasteiger partial charge >= 0.3 is 23.9 Å². The van der Waals surface area contributed by atoms with Crippen molar-refractivity contribution in [2.24, 2.45) is 0 Å². The smallest absolute Gasteiger partial charge is 0.355 e. The van der Waals surface area contributed by atoms with Crippen molar-refractivity contribution in [2.45, 2.75) is 19.4 Å². The van der Waals surface area contributed by atoms with Crippen LogP contribution in [0.5, 0.6) is 0 Å². The number of esters is 4. The number of nitrogens with zero attached hydrogens (tertiary/aromatic N) is 1. The van der Waals surface area contributed by atoms with E-state index < -0.39 is 41.1 Å². The molecule has 0 aliphatic carbocycles. The van der Waals surface area contributed by atoms with Gasteiger partial charge in [0, 0.05) is 6.54 Å². The van der Waals surface area contributed by atoms with Crippen LogP contribution in [0, 0.1) is 6.92 Å². The fraction of sp³-hybridized carbons (Fsp3) is 0.286. The zero-order chi connectivity index (χ0) is 27.1. The highest BCUT2D eigenvalue weighted by Gasteiger charge is 2.47. The molecule has 2 aromatic carbocycles. The van der Waals surface area contributed by atoms with Crippen molar-refractivity contribution in [3.63, 3.8) is 0 Å². The maximum Gasteiger partial charge on any atom is 0.355 e. The van der Waals surface area contributed by atoms with Crippen LogP contribution in [0.15, 0.2) is 77.0 Å². The second-order valence-corrected chi connectivity index (χ2v) is 8.22. The van der Waals surface area contributed by atoms with Gasteiger partial charge in [0.2, 0.25) is 0 Å². The Bertz CT molecular complexity index is 1240. The summed E-state index contributed by atoms with van der Waals surface area (Å²) in [4.78, 5) is 54.3. The standard InChI is InChI=1S/C28H29NO8/c1-17-11-13-19(14-12-17)23-21(26(31)35-3)20(25(30)34-2)22(27(32)36-4)24(28(33)37-5)29(23)16-15-18-9-7-6-8-10-18/h6-14,23H,15-16H2,1-5H3. The molecule has 37 heavy (non-hydrogen) atoms. The van der Waals surface area contributed by atoms with Crippen LogP contribution >= 0.6 is 0 Å². The summed E-state index contributed by atoms with van der Waals surface area (Å²) in [5.41, 5.74) is 1.29. The van der Waals surface area contributed by atoms with E-state index in [4.69, 9.17) is 18.9 Å². The van der Waals surface area contributed by atoms with Crippen LogP contribution in [0.1, 0.15) is 22.7 Å². The number of ether oxygens (including phenoxy) is 4. The minimum atomic E-state index is -1.01. The van der Waals surface area contributed by atoms with Crippen molar-refractivity contribution >= 4 is 23.9 Å². The molecule has 9 heteroatoms. The van der Waals surface area contributed by atoms with Crippen LogP contribution in [0.3, 0.4) is 0 Å². The van der Waals surface area contributed by atoms with Crippen molar-refractivity contribution in [3.05, 3.63) is 93.7 Å². The number of methoxy groups -OCH3 is 4. The summed E-state index contributed by atoms with van der Waals surface area (Å²) < 4.78 is 20.0. The topological polar surface area (TPSA) is 108 Å². The summed E-state index contributed by atoms with van der Waals surface area (Å²) in [5, 5.41) is 0. The Morgan fingerprint density at radius 3 is 1.78 bits per heavy atom. The third-order valence-corrected chi connectivity index (χ3v) is 6.07. The Labute approximate surface area is 215 Å². The van der Waals surface area contributed by atoms with Crippen molar-refractivity contribution in [1.82, 2.24) is 4.90 Å². The summed E-state index contributed by atoms with van der Waals surface area (Å²) >= 11 is 0. The molecule has 1 heterocycles. The molecule has 0 fully saturated rings. The number of aryl methyl sites for hydroxylation is 1. The van der Waals surface area contributed by atoms with Gasteiger partial charge in [-0.3, -0.25) is 0 Å². The molecule has 1 unspecified atom stereocenters. The molecule has 0 amide bonds. The molecule has 0 saturated heterocycles. The zero-order valence-corrected chi connectivity index (χ0v) is 21.4. The van der Waals surface area contributed by atoms with Gasteiger partial charge in [-0.15, -0.1) is 0 Å². The van der Waals surface area contributed by atoms with Crippen molar-refractivity contribution in [1.29, 1.82) is 0 Å². The van der Waals surface area contributed by atoms with E-state index in [2.05, 4.69) is 0 Å². The largest absolute Gasteiger partial charge is 0.466 e.